The number of nitrogens with zero attached hydrogens (tertiary/aromatic N) is 5. The number of methoxy groups -OCH3 is 4. The van der Waals surface area contributed by atoms with Crippen LogP contribution in [0.15, 0.2) is 59.8 Å². The van der Waals surface area contributed by atoms with Crippen molar-refractivity contribution in [2.24, 2.45) is 5.16 Å². The molecule has 43 heavy (non-hydrogen) atoms. The van der Waals surface area contributed by atoms with Crippen molar-refractivity contribution >= 4 is 12.2 Å². The molecule has 13 nitrogen and oxygen atoms in total. The molecule has 2 heterocycles. The minimum atomic E-state index is -4.57. The lowest BCUT2D eigenvalue weighted by molar-refractivity contribution is -0.137. The second kappa shape index (κ2) is 13.3. The van der Waals surface area contributed by atoms with Gasteiger partial charge in [-0.1, -0.05) is 23.4 Å². The van der Waals surface area contributed by atoms with Gasteiger partial charge in [-0.25, -0.2) is 4.79 Å². The number of alkyl halides is 3. The van der Waals surface area contributed by atoms with E-state index in [1.165, 1.54) is 70.9 Å². The number of aromatic nitrogens is 4. The van der Waals surface area contributed by atoms with Gasteiger partial charge in [0.25, 0.3) is 0 Å². The van der Waals surface area contributed by atoms with Crippen LogP contribution in [0.1, 0.15) is 21.5 Å². The van der Waals surface area contributed by atoms with Crippen LogP contribution < -0.4 is 28.4 Å². The smallest absolute Gasteiger partial charge is 0.416 e. The van der Waals surface area contributed by atoms with Crippen molar-refractivity contribution in [1.82, 2.24) is 19.9 Å². The highest BCUT2D eigenvalue weighted by atomic mass is 19.4. The first-order valence-corrected chi connectivity index (χ1v) is 12.0. The molecule has 16 heteroatoms. The third kappa shape index (κ3) is 7.75. The van der Waals surface area contributed by atoms with E-state index in [2.05, 4.69) is 25.1 Å². The van der Waals surface area contributed by atoms with Gasteiger partial charge in [-0.2, -0.15) is 33.1 Å². The molecule has 0 aliphatic heterocycles. The SMILES string of the molecule is COc1cc(OC)nc(Oc2cccc(Oc3nc(OC)cc(OC)n3)c2C(=O)ON=Cc2cccc(C(F)(F)F)c2)n1. The molecule has 0 N–H and O–H groups in total. The number of ether oxygens (including phenoxy) is 6. The van der Waals surface area contributed by atoms with Crippen LogP contribution in [-0.4, -0.2) is 60.6 Å². The molecule has 224 valence electrons. The summed E-state index contributed by atoms with van der Waals surface area (Å²) in [5, 5.41) is 3.55. The van der Waals surface area contributed by atoms with E-state index in [9.17, 15) is 18.0 Å². The zero-order valence-electron chi connectivity index (χ0n) is 22.9. The molecule has 0 bridgehead atoms. The fourth-order valence-electron chi connectivity index (χ4n) is 3.33. The van der Waals surface area contributed by atoms with Gasteiger partial charge >= 0.3 is 24.2 Å². The highest BCUT2D eigenvalue weighted by molar-refractivity contribution is 5.96. The van der Waals surface area contributed by atoms with Crippen molar-refractivity contribution in [2.45, 2.75) is 6.18 Å². The zero-order valence-corrected chi connectivity index (χ0v) is 22.9. The van der Waals surface area contributed by atoms with Crippen molar-refractivity contribution in [3.8, 4) is 47.0 Å². The quantitative estimate of drug-likeness (QED) is 0.128. The standard InChI is InChI=1S/C27H22F3N5O8/c1-37-19-12-20(38-2)33-25(32-19)41-17-9-6-10-18(42-26-34-21(39-3)13-22(35-26)40-4)23(17)24(36)43-31-14-15-7-5-8-16(11-15)27(28,29)30/h5-14H,1-4H3. The first-order valence-electron chi connectivity index (χ1n) is 12.0. The summed E-state index contributed by atoms with van der Waals surface area (Å²) < 4.78 is 71.3. The van der Waals surface area contributed by atoms with Gasteiger partial charge < -0.3 is 33.3 Å². The van der Waals surface area contributed by atoms with Crippen molar-refractivity contribution in [3.05, 3.63) is 71.3 Å². The number of benzene rings is 2. The molecule has 4 aromatic rings. The summed E-state index contributed by atoms with van der Waals surface area (Å²) in [6, 6.07) is 10.8. The molecule has 0 atom stereocenters. The summed E-state index contributed by atoms with van der Waals surface area (Å²) in [5.41, 5.74) is -1.21. The predicted molar refractivity (Wildman–Crippen MR) is 141 cm³/mol. The maximum absolute atomic E-state index is 13.3. The van der Waals surface area contributed by atoms with Crippen molar-refractivity contribution in [2.75, 3.05) is 28.4 Å². The average molecular weight is 601 g/mol. The van der Waals surface area contributed by atoms with Gasteiger partial charge in [-0.3, -0.25) is 0 Å². The van der Waals surface area contributed by atoms with Crippen LogP contribution >= 0.6 is 0 Å². The molecule has 2 aromatic heterocycles. The Labute approximate surface area is 241 Å². The minimum Gasteiger partial charge on any atom is -0.481 e. The summed E-state index contributed by atoms with van der Waals surface area (Å²) in [7, 11) is 5.47. The fourth-order valence-corrected chi connectivity index (χ4v) is 3.33. The van der Waals surface area contributed by atoms with Crippen molar-refractivity contribution < 1.29 is 51.2 Å². The molecule has 0 unspecified atom stereocenters. The fraction of sp³-hybridized carbons (Fsp3) is 0.185. The molecule has 0 spiro atoms. The van der Waals surface area contributed by atoms with Crippen molar-refractivity contribution in [3.63, 3.8) is 0 Å². The van der Waals surface area contributed by atoms with E-state index in [1.807, 2.05) is 0 Å². The highest BCUT2D eigenvalue weighted by Gasteiger charge is 2.30. The second-order valence-corrected chi connectivity index (χ2v) is 8.04. The van der Waals surface area contributed by atoms with E-state index in [-0.39, 0.29) is 58.2 Å². The van der Waals surface area contributed by atoms with Gasteiger partial charge in [0.15, 0.2) is 0 Å². The maximum atomic E-state index is 13.3. The van der Waals surface area contributed by atoms with Crippen LogP contribution in [0.5, 0.6) is 47.0 Å². The number of halogens is 3. The largest absolute Gasteiger partial charge is 0.481 e. The van der Waals surface area contributed by atoms with E-state index in [1.54, 1.807) is 0 Å². The number of rotatable bonds is 11. The molecular weight excluding hydrogens is 579 g/mol. The van der Waals surface area contributed by atoms with Crippen LogP contribution in [0, 0.1) is 0 Å². The third-order valence-electron chi connectivity index (χ3n) is 5.30. The molecule has 0 aliphatic carbocycles. The topological polar surface area (TPSA) is 146 Å². The first-order chi connectivity index (χ1) is 20.6. The number of hydrogen-bond donors (Lipinski definition) is 0. The molecule has 4 rings (SSSR count). The second-order valence-electron chi connectivity index (χ2n) is 8.04. The Morgan fingerprint density at radius 3 is 1.63 bits per heavy atom. The summed E-state index contributed by atoms with van der Waals surface area (Å²) in [6.07, 6.45) is -3.64. The number of carbonyl (C=O) groups excluding carboxylic acids is 1. The maximum Gasteiger partial charge on any atom is 0.416 e. The van der Waals surface area contributed by atoms with Crippen LogP contribution in [0.25, 0.3) is 0 Å². The van der Waals surface area contributed by atoms with Crippen LogP contribution in [0.2, 0.25) is 0 Å². The van der Waals surface area contributed by atoms with Gasteiger partial charge in [0, 0.05) is 0 Å². The lowest BCUT2D eigenvalue weighted by atomic mass is 10.1. The molecule has 0 saturated carbocycles. The lowest BCUT2D eigenvalue weighted by Crippen LogP contribution is -2.08. The lowest BCUT2D eigenvalue weighted by Gasteiger charge is -2.14. The predicted octanol–water partition coefficient (Wildman–Crippen LogP) is 5.10. The average Bonchev–Trinajstić information content (AvgIpc) is 3.00. The zero-order chi connectivity index (χ0) is 31.0. The van der Waals surface area contributed by atoms with Crippen LogP contribution in [-0.2, 0) is 11.0 Å². The molecule has 0 aliphatic rings. The van der Waals surface area contributed by atoms with Gasteiger partial charge in [-0.15, -0.1) is 0 Å². The van der Waals surface area contributed by atoms with E-state index in [0.717, 1.165) is 18.3 Å². The van der Waals surface area contributed by atoms with E-state index >= 15 is 0 Å². The van der Waals surface area contributed by atoms with Crippen LogP contribution in [0.3, 0.4) is 0 Å². The minimum absolute atomic E-state index is 0.0254. The van der Waals surface area contributed by atoms with E-state index in [4.69, 9.17) is 33.3 Å². The molecule has 0 amide bonds. The number of oxime groups is 1. The van der Waals surface area contributed by atoms with Crippen LogP contribution in [0.4, 0.5) is 13.2 Å². The van der Waals surface area contributed by atoms with Gasteiger partial charge in [0.1, 0.15) is 17.1 Å². The van der Waals surface area contributed by atoms with Gasteiger partial charge in [-0.05, 0) is 29.8 Å². The van der Waals surface area contributed by atoms with Crippen molar-refractivity contribution in [1.29, 1.82) is 0 Å². The monoisotopic (exact) mass is 601 g/mol. The highest BCUT2D eigenvalue weighted by Crippen LogP contribution is 2.35. The molecule has 0 fully saturated rings. The number of hydrogen-bond acceptors (Lipinski definition) is 13. The van der Waals surface area contributed by atoms with E-state index in [0.29, 0.717) is 0 Å². The van der Waals surface area contributed by atoms with Gasteiger partial charge in [0.05, 0.1) is 52.3 Å². The van der Waals surface area contributed by atoms with E-state index < -0.39 is 17.7 Å². The Kier molecular flexibility index (Phi) is 9.39. The Hall–Kier alpha value is -5.67. The number of carbonyl (C=O) groups is 1. The molecule has 0 radical (unpaired) electrons. The Balaban J connectivity index is 1.71. The first kappa shape index (κ1) is 30.3. The molecule has 0 saturated heterocycles. The normalized spacial score (nSPS) is 11.1. The summed E-state index contributed by atoms with van der Waals surface area (Å²) in [5.74, 6) is -1.06. The molecular formula is C27H22F3N5O8. The third-order valence-corrected chi connectivity index (χ3v) is 5.30. The summed E-state index contributed by atoms with van der Waals surface area (Å²) >= 11 is 0. The summed E-state index contributed by atoms with van der Waals surface area (Å²) in [6.45, 7) is 0. The Bertz CT molecular complexity index is 1510. The van der Waals surface area contributed by atoms with Gasteiger partial charge in [0.2, 0.25) is 23.5 Å². The molecule has 2 aromatic carbocycles. The summed E-state index contributed by atoms with van der Waals surface area (Å²) in [4.78, 5) is 34.6. The Morgan fingerprint density at radius 1 is 0.721 bits per heavy atom. The Morgan fingerprint density at radius 2 is 1.19 bits per heavy atom.